The van der Waals surface area contributed by atoms with E-state index in [9.17, 15) is 68.7 Å². The number of hydrogen-bond acceptors (Lipinski definition) is 17. The molecule has 5 rings (SSSR count). The van der Waals surface area contributed by atoms with E-state index >= 15 is 0 Å². The van der Waals surface area contributed by atoms with Gasteiger partial charge in [0.2, 0.25) is 35.3 Å². The Bertz CT molecular complexity index is 2480. The molecule has 5 amide bonds. The van der Waals surface area contributed by atoms with E-state index < -0.39 is 162 Å². The number of carbonyl (C=O) groups is 9. The summed E-state index contributed by atoms with van der Waals surface area (Å²) in [6, 6.07) is -1.73. The Kier molecular flexibility index (Phi) is 18.3. The number of benzene rings is 2. The monoisotopic (exact) mass is 1010 g/mol. The van der Waals surface area contributed by atoms with Gasteiger partial charge in [-0.15, -0.1) is 0 Å². The molecule has 0 bridgehead atoms. The number of Topliss-reactive ketones (excluding diaryl/α,β-unsaturated/α-hetero) is 1. The predicted octanol–water partition coefficient (Wildman–Crippen LogP) is 0.0948. The van der Waals surface area contributed by atoms with Crippen LogP contribution in [0.1, 0.15) is 136 Å². The third-order valence-electron chi connectivity index (χ3n) is 12.9. The number of aliphatic hydroxyl groups excluding tert-OH is 2. The predicted molar refractivity (Wildman–Crippen MR) is 251 cm³/mol. The van der Waals surface area contributed by atoms with Crippen LogP contribution in [0.25, 0.3) is 0 Å². The van der Waals surface area contributed by atoms with Gasteiger partial charge in [0.15, 0.2) is 17.9 Å². The van der Waals surface area contributed by atoms with E-state index in [-0.39, 0.29) is 65.5 Å². The molecule has 394 valence electrons. The van der Waals surface area contributed by atoms with Gasteiger partial charge in [0, 0.05) is 42.4 Å². The Hall–Kier alpha value is -6.53. The van der Waals surface area contributed by atoms with Crippen molar-refractivity contribution in [3.63, 3.8) is 0 Å². The van der Waals surface area contributed by atoms with Crippen molar-refractivity contribution in [2.45, 2.75) is 154 Å². The number of rotatable bonds is 21. The molecule has 2 aromatic carbocycles. The third-order valence-corrected chi connectivity index (χ3v) is 12.9. The highest BCUT2D eigenvalue weighted by Crippen LogP contribution is 2.52. The number of aromatic hydroxyl groups is 2. The maximum absolute atomic E-state index is 14.1. The van der Waals surface area contributed by atoms with Crippen LogP contribution in [0.4, 0.5) is 0 Å². The van der Waals surface area contributed by atoms with Crippen molar-refractivity contribution in [1.82, 2.24) is 26.6 Å². The Morgan fingerprint density at radius 2 is 1.38 bits per heavy atom. The minimum Gasteiger partial charge on any atom is -0.507 e. The summed E-state index contributed by atoms with van der Waals surface area (Å²) < 4.78 is 17.6. The maximum atomic E-state index is 14.1. The molecule has 1 heterocycles. The van der Waals surface area contributed by atoms with E-state index in [1.807, 2.05) is 0 Å². The highest BCUT2D eigenvalue weighted by molar-refractivity contribution is 6.31. The Labute approximate surface area is 414 Å². The van der Waals surface area contributed by atoms with E-state index in [1.54, 1.807) is 27.7 Å². The fraction of sp³-hybridized carbons (Fsp3) is 0.571. The Balaban J connectivity index is 1.34. The number of aliphatic hydroxyl groups is 3. The minimum absolute atomic E-state index is 0.0132. The van der Waals surface area contributed by atoms with Gasteiger partial charge in [-0.2, -0.15) is 0 Å². The first-order valence-electron chi connectivity index (χ1n) is 23.7. The lowest BCUT2D eigenvalue weighted by atomic mass is 9.72. The molecule has 72 heavy (non-hydrogen) atoms. The lowest BCUT2D eigenvalue weighted by Crippen LogP contribution is -2.60. The van der Waals surface area contributed by atoms with Crippen LogP contribution in [0.2, 0.25) is 0 Å². The summed E-state index contributed by atoms with van der Waals surface area (Å²) in [7, 11) is 1.28. The normalized spacial score (nSPS) is 23.0. The van der Waals surface area contributed by atoms with Gasteiger partial charge in [-0.05, 0) is 51.5 Å². The van der Waals surface area contributed by atoms with Crippen molar-refractivity contribution < 1.29 is 88.0 Å². The zero-order valence-corrected chi connectivity index (χ0v) is 41.3. The van der Waals surface area contributed by atoms with Crippen molar-refractivity contribution in [2.75, 3.05) is 13.7 Å². The molecule has 3 aliphatic rings. The van der Waals surface area contributed by atoms with Crippen LogP contribution < -0.4 is 31.3 Å². The molecule has 10 atom stereocenters. The van der Waals surface area contributed by atoms with Crippen LogP contribution in [0, 0.1) is 11.8 Å². The number of carboxylic acid groups (broad SMARTS) is 1. The van der Waals surface area contributed by atoms with Crippen LogP contribution in [-0.4, -0.2) is 152 Å². The summed E-state index contributed by atoms with van der Waals surface area (Å²) in [6.45, 7) is 10.2. The molecule has 23 nitrogen and oxygen atoms in total. The number of ketones is 3. The molecular weight excluding hydrogens is 947 g/mol. The van der Waals surface area contributed by atoms with Crippen molar-refractivity contribution >= 4 is 52.9 Å². The van der Waals surface area contributed by atoms with E-state index in [4.69, 9.17) is 19.3 Å². The molecule has 1 aliphatic heterocycles. The molecule has 0 saturated carbocycles. The molecule has 1 fully saturated rings. The summed E-state index contributed by atoms with van der Waals surface area (Å²) >= 11 is 0. The van der Waals surface area contributed by atoms with E-state index in [1.165, 1.54) is 46.1 Å². The fourth-order valence-corrected chi connectivity index (χ4v) is 9.12. The molecule has 0 spiro atoms. The van der Waals surface area contributed by atoms with Gasteiger partial charge in [-0.25, -0.2) is 0 Å². The van der Waals surface area contributed by atoms with Gasteiger partial charge in [0.05, 0.1) is 48.5 Å². The number of methoxy groups -OCH3 is 1. The molecular formula is C49H65N5O18. The molecule has 0 aromatic heterocycles. The lowest BCUT2D eigenvalue weighted by Gasteiger charge is -2.43. The zero-order valence-electron chi connectivity index (χ0n) is 41.3. The standard InChI is InChI=1S/C49H65N5O18/c1-20(2)14-28(53-45(65)22(5)50-33(57)12-13-34(58)59)47(67)51-23(6)46(66)54-29(15-21(3)4)48(68)52-27-16-35(71-24(7)40(27)60)72-31-18-49(69,32(56)19-55)17-26-37(31)44(64)39-38(42(26)62)41(61)25-10-9-11-30(70-8)36(25)43(39)63/h9-11,20-24,27-29,31,35,40,55,60,62,64,69H,12-19H2,1-8H3,(H,50,57)(H,51,67)(H,52,68)(H,53,65)(H,54,66)(H,58,59). The van der Waals surface area contributed by atoms with Gasteiger partial charge in [0.25, 0.3) is 0 Å². The average molecular weight is 1010 g/mol. The fourth-order valence-electron chi connectivity index (χ4n) is 9.12. The van der Waals surface area contributed by atoms with Crippen LogP contribution in [-0.2, 0) is 49.5 Å². The Morgan fingerprint density at radius 1 is 0.792 bits per heavy atom. The summed E-state index contributed by atoms with van der Waals surface area (Å²) in [6.07, 6.45) is -7.74. The molecule has 2 aliphatic carbocycles. The highest BCUT2D eigenvalue weighted by atomic mass is 16.7. The minimum atomic E-state index is -2.44. The number of nitrogens with one attached hydrogen (secondary N) is 5. The topological polar surface area (TPSA) is 363 Å². The summed E-state index contributed by atoms with van der Waals surface area (Å²) in [5.41, 5.74) is -4.52. The second-order valence-corrected chi connectivity index (χ2v) is 19.4. The second kappa shape index (κ2) is 23.3. The number of phenolic OH excluding ortho intramolecular Hbond substituents is 2. The first-order chi connectivity index (χ1) is 33.7. The first-order valence-corrected chi connectivity index (χ1v) is 23.7. The zero-order chi connectivity index (χ0) is 53.7. The molecule has 10 unspecified atom stereocenters. The highest BCUT2D eigenvalue weighted by Gasteiger charge is 2.50. The van der Waals surface area contributed by atoms with Gasteiger partial charge < -0.3 is 71.4 Å². The van der Waals surface area contributed by atoms with Gasteiger partial charge in [-0.3, -0.25) is 43.2 Å². The number of amides is 5. The number of fused-ring (bicyclic) bond motifs is 3. The van der Waals surface area contributed by atoms with Crippen LogP contribution in [0.3, 0.4) is 0 Å². The third kappa shape index (κ3) is 12.6. The largest absolute Gasteiger partial charge is 0.507 e. The van der Waals surface area contributed by atoms with Crippen LogP contribution in [0.5, 0.6) is 17.2 Å². The molecule has 11 N–H and O–H groups in total. The number of ether oxygens (including phenoxy) is 3. The van der Waals surface area contributed by atoms with Crippen LogP contribution in [0.15, 0.2) is 18.2 Å². The van der Waals surface area contributed by atoms with Gasteiger partial charge in [0.1, 0.15) is 59.7 Å². The second-order valence-electron chi connectivity index (χ2n) is 19.4. The van der Waals surface area contributed by atoms with Gasteiger partial charge in [-0.1, -0.05) is 39.8 Å². The maximum Gasteiger partial charge on any atom is 0.303 e. The summed E-state index contributed by atoms with van der Waals surface area (Å²) in [5.74, 6) is -9.63. The number of hydrogen-bond donors (Lipinski definition) is 11. The van der Waals surface area contributed by atoms with E-state index in [0.717, 1.165) is 0 Å². The van der Waals surface area contributed by atoms with Crippen LogP contribution >= 0.6 is 0 Å². The summed E-state index contributed by atoms with van der Waals surface area (Å²) in [4.78, 5) is 118. The Morgan fingerprint density at radius 3 is 1.94 bits per heavy atom. The molecule has 0 radical (unpaired) electrons. The molecule has 23 heteroatoms. The summed E-state index contributed by atoms with van der Waals surface area (Å²) in [5, 5.41) is 78.2. The number of aliphatic carboxylic acids is 1. The smallest absolute Gasteiger partial charge is 0.303 e. The first kappa shape index (κ1) is 56.4. The molecule has 1 saturated heterocycles. The average Bonchev–Trinajstić information content (AvgIpc) is 3.30. The van der Waals surface area contributed by atoms with E-state index in [2.05, 4.69) is 26.6 Å². The lowest BCUT2D eigenvalue weighted by molar-refractivity contribution is -0.249. The number of phenols is 2. The van der Waals surface area contributed by atoms with Crippen molar-refractivity contribution in [1.29, 1.82) is 0 Å². The quantitative estimate of drug-likeness (QED) is 0.0630. The van der Waals surface area contributed by atoms with Crippen molar-refractivity contribution in [3.05, 3.63) is 51.6 Å². The number of carboxylic acids is 1. The van der Waals surface area contributed by atoms with E-state index in [0.29, 0.717) is 0 Å². The van der Waals surface area contributed by atoms with Gasteiger partial charge >= 0.3 is 5.97 Å². The van der Waals surface area contributed by atoms with Crippen molar-refractivity contribution in [3.8, 4) is 17.2 Å². The number of carbonyl (C=O) groups excluding carboxylic acids is 8. The SMILES string of the molecule is COc1cccc2c1C(=O)c1c(O)c3c(c(O)c1C2=O)CC(O)(C(=O)CO)CC3OC1CC(NC(=O)C(CC(C)C)NC(=O)C(C)NC(=O)C(CC(C)C)NC(=O)C(C)NC(=O)CCC(=O)O)C(O)C(C)O1. The molecule has 2 aromatic rings. The van der Waals surface area contributed by atoms with Crippen molar-refractivity contribution in [2.24, 2.45) is 11.8 Å².